The van der Waals surface area contributed by atoms with Crippen LogP contribution >= 0.6 is 0 Å². The van der Waals surface area contributed by atoms with E-state index in [0.29, 0.717) is 26.4 Å². The zero-order chi connectivity index (χ0) is 25.6. The van der Waals surface area contributed by atoms with Crippen LogP contribution in [0.25, 0.3) is 0 Å². The van der Waals surface area contributed by atoms with E-state index in [-0.39, 0.29) is 24.3 Å². The van der Waals surface area contributed by atoms with Crippen molar-refractivity contribution in [1.29, 1.82) is 0 Å². The van der Waals surface area contributed by atoms with E-state index in [4.69, 9.17) is 28.4 Å². The average Bonchev–Trinajstić information content (AvgIpc) is 2.90. The minimum Gasteiger partial charge on any atom is -0.461 e. The second-order valence-corrected chi connectivity index (χ2v) is 10.9. The summed E-state index contributed by atoms with van der Waals surface area (Å²) in [5.41, 5.74) is 0.935. The fourth-order valence-electron chi connectivity index (χ4n) is 4.46. The Morgan fingerprint density at radius 3 is 1.19 bits per heavy atom. The molecule has 0 saturated carbocycles. The van der Waals surface area contributed by atoms with Crippen LogP contribution in [0.3, 0.4) is 0 Å². The van der Waals surface area contributed by atoms with Gasteiger partial charge in [0.2, 0.25) is 0 Å². The lowest BCUT2D eigenvalue weighted by molar-refractivity contribution is -0.306. The minimum atomic E-state index is -0.938. The van der Waals surface area contributed by atoms with Gasteiger partial charge < -0.3 is 28.4 Å². The molecule has 192 valence electrons. The van der Waals surface area contributed by atoms with Gasteiger partial charge in [-0.3, -0.25) is 0 Å². The van der Waals surface area contributed by atoms with Gasteiger partial charge in [-0.25, -0.2) is 9.59 Å². The maximum Gasteiger partial charge on any atom is 0.339 e. The molecule has 2 saturated heterocycles. The van der Waals surface area contributed by atoms with Gasteiger partial charge in [0.25, 0.3) is 0 Å². The van der Waals surface area contributed by atoms with Gasteiger partial charge in [0, 0.05) is 22.0 Å². The standard InChI is InChI=1S/C28H32O8/c1-25-13-31-23(29)21-7-5-6-8-22(21)24(30)32-14-26(2)17-35-28(4,36-18-26)20-11-9-19(10-12-20)27(3,33-15-25)34-16-25/h5-12H,13-18H2,1-4H3. The lowest BCUT2D eigenvalue weighted by Crippen LogP contribution is -2.48. The molecule has 6 heterocycles. The monoisotopic (exact) mass is 496 g/mol. The first-order chi connectivity index (χ1) is 17.0. The van der Waals surface area contributed by atoms with Crippen molar-refractivity contribution in [3.63, 3.8) is 0 Å². The lowest BCUT2D eigenvalue weighted by Gasteiger charge is -2.44. The van der Waals surface area contributed by atoms with E-state index in [2.05, 4.69) is 0 Å². The summed E-state index contributed by atoms with van der Waals surface area (Å²) in [6.45, 7) is 9.07. The van der Waals surface area contributed by atoms with Crippen molar-refractivity contribution in [3.8, 4) is 0 Å². The molecule has 0 aromatic heterocycles. The van der Waals surface area contributed by atoms with Gasteiger partial charge in [-0.15, -0.1) is 0 Å². The van der Waals surface area contributed by atoms with Crippen molar-refractivity contribution in [2.24, 2.45) is 10.8 Å². The van der Waals surface area contributed by atoms with Gasteiger partial charge in [-0.05, 0) is 26.0 Å². The van der Waals surface area contributed by atoms with Gasteiger partial charge in [0.05, 0.1) is 37.6 Å². The van der Waals surface area contributed by atoms with Crippen LogP contribution in [-0.2, 0) is 40.0 Å². The van der Waals surface area contributed by atoms with E-state index in [1.54, 1.807) is 24.3 Å². The number of fused-ring (bicyclic) bond motifs is 3. The van der Waals surface area contributed by atoms with Crippen LogP contribution in [0, 0.1) is 10.8 Å². The average molecular weight is 497 g/mol. The second-order valence-electron chi connectivity index (χ2n) is 10.9. The van der Waals surface area contributed by atoms with E-state index in [1.807, 2.05) is 52.0 Å². The van der Waals surface area contributed by atoms with Crippen molar-refractivity contribution in [1.82, 2.24) is 0 Å². The number of rotatable bonds is 0. The molecule has 6 aliphatic heterocycles. The molecule has 0 unspecified atom stereocenters. The quantitative estimate of drug-likeness (QED) is 0.502. The molecule has 0 N–H and O–H groups in total. The summed E-state index contributed by atoms with van der Waals surface area (Å²) < 4.78 is 35.9. The molecule has 2 aromatic rings. The molecule has 0 aliphatic carbocycles. The Balaban J connectivity index is 1.46. The van der Waals surface area contributed by atoms with Crippen LogP contribution in [0.15, 0.2) is 48.5 Å². The van der Waals surface area contributed by atoms with Crippen LogP contribution in [0.2, 0.25) is 0 Å². The largest absolute Gasteiger partial charge is 0.461 e. The summed E-state index contributed by atoms with van der Waals surface area (Å²) in [6.07, 6.45) is 0. The number of carbonyl (C=O) groups is 2. The first kappa shape index (κ1) is 24.9. The lowest BCUT2D eigenvalue weighted by atomic mass is 9.90. The molecule has 6 bridgehead atoms. The molecular formula is C28H32O8. The van der Waals surface area contributed by atoms with E-state index in [1.165, 1.54) is 0 Å². The van der Waals surface area contributed by atoms with Gasteiger partial charge in [0.15, 0.2) is 11.6 Å². The maximum absolute atomic E-state index is 13.0. The van der Waals surface area contributed by atoms with Crippen molar-refractivity contribution in [2.75, 3.05) is 39.6 Å². The minimum absolute atomic E-state index is 0.0787. The van der Waals surface area contributed by atoms with Crippen LogP contribution < -0.4 is 0 Å². The summed E-state index contributed by atoms with van der Waals surface area (Å²) in [5, 5.41) is 0. The van der Waals surface area contributed by atoms with Crippen LogP contribution in [-0.4, -0.2) is 51.6 Å². The highest BCUT2D eigenvalue weighted by Gasteiger charge is 2.44. The maximum atomic E-state index is 13.0. The zero-order valence-corrected chi connectivity index (χ0v) is 21.1. The summed E-state index contributed by atoms with van der Waals surface area (Å²) >= 11 is 0. The Labute approximate surface area is 210 Å². The van der Waals surface area contributed by atoms with E-state index >= 15 is 0 Å². The second kappa shape index (κ2) is 8.95. The third-order valence-electron chi connectivity index (χ3n) is 7.19. The third kappa shape index (κ3) is 4.66. The molecule has 0 atom stereocenters. The van der Waals surface area contributed by atoms with Gasteiger partial charge in [-0.2, -0.15) is 0 Å². The summed E-state index contributed by atoms with van der Waals surface area (Å²) in [5.74, 6) is -3.08. The zero-order valence-electron chi connectivity index (χ0n) is 21.1. The SMILES string of the molecule is CC12COC(=O)c3ccccc3C(=O)OCC3(C)COC(C)(OC3)c3ccc(cc3)C(C)(OC1)OC2. The molecule has 0 amide bonds. The highest BCUT2D eigenvalue weighted by atomic mass is 16.7. The van der Waals surface area contributed by atoms with Crippen molar-refractivity contribution in [3.05, 3.63) is 70.8 Å². The number of hydrogen-bond donors (Lipinski definition) is 0. The van der Waals surface area contributed by atoms with Gasteiger partial charge >= 0.3 is 11.9 Å². The number of esters is 2. The predicted molar refractivity (Wildman–Crippen MR) is 128 cm³/mol. The Kier molecular flexibility index (Phi) is 6.19. The molecule has 36 heavy (non-hydrogen) atoms. The summed E-state index contributed by atoms with van der Waals surface area (Å²) in [7, 11) is 0. The van der Waals surface area contributed by atoms with Crippen LogP contribution in [0.1, 0.15) is 59.5 Å². The summed E-state index contributed by atoms with van der Waals surface area (Å²) in [4.78, 5) is 25.9. The molecule has 0 spiro atoms. The van der Waals surface area contributed by atoms with Crippen molar-refractivity contribution >= 4 is 11.9 Å². The Morgan fingerprint density at radius 1 is 0.528 bits per heavy atom. The first-order valence-corrected chi connectivity index (χ1v) is 12.1. The van der Waals surface area contributed by atoms with Crippen molar-refractivity contribution in [2.45, 2.75) is 39.3 Å². The fourth-order valence-corrected chi connectivity index (χ4v) is 4.46. The number of ether oxygens (including phenoxy) is 6. The normalized spacial score (nSPS) is 35.1. The number of carbonyl (C=O) groups excluding carboxylic acids is 2. The predicted octanol–water partition coefficient (Wildman–Crippen LogP) is 4.17. The summed E-state index contributed by atoms with van der Waals surface area (Å²) in [6, 6.07) is 14.3. The smallest absolute Gasteiger partial charge is 0.339 e. The highest BCUT2D eigenvalue weighted by Crippen LogP contribution is 2.40. The Bertz CT molecular complexity index is 1050. The molecule has 8 nitrogen and oxygen atoms in total. The molecular weight excluding hydrogens is 464 g/mol. The Morgan fingerprint density at radius 2 is 0.861 bits per heavy atom. The highest BCUT2D eigenvalue weighted by molar-refractivity contribution is 6.03. The van der Waals surface area contributed by atoms with Gasteiger partial charge in [-0.1, -0.05) is 50.2 Å². The first-order valence-electron chi connectivity index (χ1n) is 12.1. The molecule has 8 rings (SSSR count). The molecule has 2 aromatic carbocycles. The molecule has 6 aliphatic rings. The van der Waals surface area contributed by atoms with E-state index < -0.39 is 34.3 Å². The molecule has 2 fully saturated rings. The Hall–Kier alpha value is -2.78. The third-order valence-corrected chi connectivity index (χ3v) is 7.19. The van der Waals surface area contributed by atoms with E-state index in [9.17, 15) is 9.59 Å². The van der Waals surface area contributed by atoms with Crippen LogP contribution in [0.4, 0.5) is 0 Å². The van der Waals surface area contributed by atoms with E-state index in [0.717, 1.165) is 11.1 Å². The number of hydrogen-bond acceptors (Lipinski definition) is 8. The molecule has 0 radical (unpaired) electrons. The van der Waals surface area contributed by atoms with Crippen molar-refractivity contribution < 1.29 is 38.0 Å². The number of benzene rings is 2. The molecule has 8 heteroatoms. The van der Waals surface area contributed by atoms with Crippen LogP contribution in [0.5, 0.6) is 0 Å². The topological polar surface area (TPSA) is 89.5 Å². The van der Waals surface area contributed by atoms with Gasteiger partial charge in [0.1, 0.15) is 13.2 Å². The fraction of sp³-hybridized carbons (Fsp3) is 0.500.